The number of carbonyl (C=O) groups is 1. The van der Waals surface area contributed by atoms with E-state index in [0.717, 1.165) is 5.56 Å². The number of amides is 1. The number of hydrogen-bond donors (Lipinski definition) is 1. The quantitative estimate of drug-likeness (QED) is 0.900. The Hall–Kier alpha value is -2.18. The largest absolute Gasteiger partial charge is 0.395 e. The monoisotopic (exact) mass is 364 g/mol. The van der Waals surface area contributed by atoms with Gasteiger partial charge in [0, 0.05) is 12.0 Å². The topological polar surface area (TPSA) is 76.5 Å². The van der Waals surface area contributed by atoms with Gasteiger partial charge in [0.1, 0.15) is 12.4 Å². The number of aromatic nitrogens is 2. The second-order valence-electron chi connectivity index (χ2n) is 5.37. The van der Waals surface area contributed by atoms with Crippen LogP contribution in [-0.2, 0) is 9.63 Å². The van der Waals surface area contributed by atoms with E-state index in [1.807, 2.05) is 0 Å². The van der Waals surface area contributed by atoms with Gasteiger partial charge in [0.05, 0.1) is 39.8 Å². The number of nitrogens with zero attached hydrogens (tertiary/aromatic N) is 3. The first-order chi connectivity index (χ1) is 11.5. The number of anilines is 1. The molecule has 1 aliphatic heterocycles. The van der Waals surface area contributed by atoms with Crippen LogP contribution in [0.5, 0.6) is 0 Å². The van der Waals surface area contributed by atoms with Crippen LogP contribution >= 0.6 is 23.2 Å². The standard InChI is InChI=1S/C16H14Cl2N4O2/c1-9-19-6-12(7-20-9)21-15(23)5-11-8-24-22-16(11)10-2-3-13(17)14(18)4-10/h2-4,6-7,11H,5,8H2,1H3,(H,21,23). The van der Waals surface area contributed by atoms with Gasteiger partial charge in [0.15, 0.2) is 0 Å². The maximum absolute atomic E-state index is 12.2. The molecule has 8 heteroatoms. The normalized spacial score (nSPS) is 16.5. The van der Waals surface area contributed by atoms with Crippen LogP contribution in [0.4, 0.5) is 5.69 Å². The summed E-state index contributed by atoms with van der Waals surface area (Å²) in [5, 5.41) is 7.71. The minimum atomic E-state index is -0.161. The maximum atomic E-state index is 12.2. The van der Waals surface area contributed by atoms with Crippen LogP contribution in [0.15, 0.2) is 35.7 Å². The molecule has 0 bridgehead atoms. The van der Waals surface area contributed by atoms with Gasteiger partial charge in [-0.25, -0.2) is 9.97 Å². The minimum absolute atomic E-state index is 0.159. The van der Waals surface area contributed by atoms with E-state index >= 15 is 0 Å². The zero-order valence-electron chi connectivity index (χ0n) is 12.8. The molecule has 124 valence electrons. The number of benzene rings is 1. The molecule has 6 nitrogen and oxygen atoms in total. The Kier molecular flexibility index (Phi) is 4.97. The fourth-order valence-corrected chi connectivity index (χ4v) is 2.64. The number of halogens is 2. The van der Waals surface area contributed by atoms with Gasteiger partial charge in [0.25, 0.3) is 0 Å². The molecule has 3 rings (SSSR count). The molecule has 1 aliphatic rings. The van der Waals surface area contributed by atoms with Crippen molar-refractivity contribution < 1.29 is 9.63 Å². The Morgan fingerprint density at radius 1 is 1.29 bits per heavy atom. The van der Waals surface area contributed by atoms with Crippen molar-refractivity contribution in [1.82, 2.24) is 9.97 Å². The lowest BCUT2D eigenvalue weighted by Gasteiger charge is -2.11. The highest BCUT2D eigenvalue weighted by molar-refractivity contribution is 6.42. The SMILES string of the molecule is Cc1ncc(NC(=O)CC2CON=C2c2ccc(Cl)c(Cl)c2)cn1. The van der Waals surface area contributed by atoms with E-state index < -0.39 is 0 Å². The van der Waals surface area contributed by atoms with Crippen LogP contribution in [0, 0.1) is 12.8 Å². The Morgan fingerprint density at radius 3 is 2.75 bits per heavy atom. The highest BCUT2D eigenvalue weighted by atomic mass is 35.5. The lowest BCUT2D eigenvalue weighted by molar-refractivity contribution is -0.116. The molecule has 1 unspecified atom stereocenters. The zero-order valence-corrected chi connectivity index (χ0v) is 14.3. The zero-order chi connectivity index (χ0) is 17.1. The molecule has 1 aromatic carbocycles. The van der Waals surface area contributed by atoms with Gasteiger partial charge < -0.3 is 10.2 Å². The predicted octanol–water partition coefficient (Wildman–Crippen LogP) is 3.47. The van der Waals surface area contributed by atoms with E-state index in [1.165, 1.54) is 0 Å². The molecule has 0 saturated heterocycles. The first kappa shape index (κ1) is 16.7. The van der Waals surface area contributed by atoms with Crippen molar-refractivity contribution in [3.63, 3.8) is 0 Å². The molecule has 0 radical (unpaired) electrons. The first-order valence-corrected chi connectivity index (χ1v) is 8.02. The predicted molar refractivity (Wildman–Crippen MR) is 92.5 cm³/mol. The molecule has 1 aromatic heterocycles. The lowest BCUT2D eigenvalue weighted by Crippen LogP contribution is -2.23. The van der Waals surface area contributed by atoms with E-state index in [0.29, 0.717) is 33.9 Å². The fourth-order valence-electron chi connectivity index (χ4n) is 2.34. The molecule has 24 heavy (non-hydrogen) atoms. The highest BCUT2D eigenvalue weighted by Crippen LogP contribution is 2.27. The van der Waals surface area contributed by atoms with Gasteiger partial charge in [-0.15, -0.1) is 0 Å². The number of oxime groups is 1. The molecule has 2 heterocycles. The van der Waals surface area contributed by atoms with Gasteiger partial charge in [-0.2, -0.15) is 0 Å². The van der Waals surface area contributed by atoms with Crippen LogP contribution in [0.1, 0.15) is 17.8 Å². The number of carbonyl (C=O) groups excluding carboxylic acids is 1. The molecule has 0 spiro atoms. The number of hydrogen-bond acceptors (Lipinski definition) is 5. The van der Waals surface area contributed by atoms with Crippen molar-refractivity contribution in [3.8, 4) is 0 Å². The van der Waals surface area contributed by atoms with Gasteiger partial charge in [-0.05, 0) is 19.1 Å². The summed E-state index contributed by atoms with van der Waals surface area (Å²) in [6, 6.07) is 5.22. The van der Waals surface area contributed by atoms with Crippen molar-refractivity contribution in [2.75, 3.05) is 11.9 Å². The molecule has 2 aromatic rings. The molecule has 1 amide bonds. The second-order valence-corrected chi connectivity index (χ2v) is 6.18. The molecular weight excluding hydrogens is 351 g/mol. The summed E-state index contributed by atoms with van der Waals surface area (Å²) < 4.78 is 0. The molecule has 0 fully saturated rings. The van der Waals surface area contributed by atoms with Gasteiger partial charge in [-0.3, -0.25) is 4.79 Å². The Labute approximate surface area is 148 Å². The lowest BCUT2D eigenvalue weighted by atomic mass is 9.94. The number of rotatable bonds is 4. The van der Waals surface area contributed by atoms with Crippen LogP contribution in [0.25, 0.3) is 0 Å². The molecular formula is C16H14Cl2N4O2. The van der Waals surface area contributed by atoms with Crippen molar-refractivity contribution in [3.05, 3.63) is 52.0 Å². The summed E-state index contributed by atoms with van der Waals surface area (Å²) >= 11 is 12.0. The summed E-state index contributed by atoms with van der Waals surface area (Å²) in [5.74, 6) is 0.325. The van der Waals surface area contributed by atoms with Gasteiger partial charge in [-0.1, -0.05) is 34.4 Å². The van der Waals surface area contributed by atoms with Gasteiger partial charge in [0.2, 0.25) is 5.91 Å². The van der Waals surface area contributed by atoms with E-state index in [9.17, 15) is 4.79 Å². The first-order valence-electron chi connectivity index (χ1n) is 7.26. The molecule has 0 aliphatic carbocycles. The summed E-state index contributed by atoms with van der Waals surface area (Å²) in [6.07, 6.45) is 3.37. The summed E-state index contributed by atoms with van der Waals surface area (Å²) in [4.78, 5) is 25.5. The second kappa shape index (κ2) is 7.15. The average Bonchev–Trinajstić information content (AvgIpc) is 3.00. The van der Waals surface area contributed by atoms with Crippen molar-refractivity contribution >= 4 is 40.5 Å². The fraction of sp³-hybridized carbons (Fsp3) is 0.250. The molecule has 1 atom stereocenters. The van der Waals surface area contributed by atoms with Crippen molar-refractivity contribution in [2.24, 2.45) is 11.1 Å². The van der Waals surface area contributed by atoms with Crippen molar-refractivity contribution in [2.45, 2.75) is 13.3 Å². The number of aryl methyl sites for hydroxylation is 1. The van der Waals surface area contributed by atoms with Gasteiger partial charge >= 0.3 is 0 Å². The summed E-state index contributed by atoms with van der Waals surface area (Å²) in [5.41, 5.74) is 2.03. The van der Waals surface area contributed by atoms with Crippen LogP contribution in [-0.4, -0.2) is 28.2 Å². The Balaban J connectivity index is 1.68. The van der Waals surface area contributed by atoms with E-state index in [-0.39, 0.29) is 18.2 Å². The summed E-state index contributed by atoms with van der Waals surface area (Å²) in [6.45, 7) is 2.12. The minimum Gasteiger partial charge on any atom is -0.395 e. The molecule has 1 N–H and O–H groups in total. The van der Waals surface area contributed by atoms with E-state index in [2.05, 4.69) is 20.4 Å². The third kappa shape index (κ3) is 3.83. The van der Waals surface area contributed by atoms with Crippen LogP contribution in [0.2, 0.25) is 10.0 Å². The van der Waals surface area contributed by atoms with E-state index in [4.69, 9.17) is 28.0 Å². The third-order valence-corrected chi connectivity index (χ3v) is 4.28. The van der Waals surface area contributed by atoms with Crippen molar-refractivity contribution in [1.29, 1.82) is 0 Å². The third-order valence-electron chi connectivity index (χ3n) is 3.54. The maximum Gasteiger partial charge on any atom is 0.225 e. The Bertz CT molecular complexity index is 793. The molecule has 0 saturated carbocycles. The average molecular weight is 365 g/mol. The smallest absolute Gasteiger partial charge is 0.225 e. The van der Waals surface area contributed by atoms with Crippen LogP contribution in [0.3, 0.4) is 0 Å². The van der Waals surface area contributed by atoms with E-state index in [1.54, 1.807) is 37.5 Å². The Morgan fingerprint density at radius 2 is 2.04 bits per heavy atom. The summed E-state index contributed by atoms with van der Waals surface area (Å²) in [7, 11) is 0. The van der Waals surface area contributed by atoms with Crippen LogP contribution < -0.4 is 5.32 Å². The number of nitrogens with one attached hydrogen (secondary N) is 1. The highest BCUT2D eigenvalue weighted by Gasteiger charge is 2.27.